The van der Waals surface area contributed by atoms with Crippen molar-refractivity contribution in [1.29, 1.82) is 0 Å². The van der Waals surface area contributed by atoms with Crippen LogP contribution in [-0.2, 0) is 19.2 Å². The van der Waals surface area contributed by atoms with Gasteiger partial charge in [-0.1, -0.05) is 13.8 Å². The number of carboxylic acids is 1. The first kappa shape index (κ1) is 25.1. The Morgan fingerprint density at radius 1 is 1.04 bits per heavy atom. The molecule has 0 radical (unpaired) electrons. The number of thiol groups is 1. The van der Waals surface area contributed by atoms with Gasteiger partial charge in [-0.3, -0.25) is 14.4 Å². The van der Waals surface area contributed by atoms with Crippen LogP contribution in [0.1, 0.15) is 33.1 Å². The number of amides is 3. The third kappa shape index (κ3) is 10.2. The number of aliphatic carboxylic acids is 1. The number of nitrogens with one attached hydrogen (secondary N) is 3. The van der Waals surface area contributed by atoms with Crippen molar-refractivity contribution in [3.8, 4) is 0 Å². The van der Waals surface area contributed by atoms with E-state index in [4.69, 9.17) is 16.6 Å². The van der Waals surface area contributed by atoms with Gasteiger partial charge in [0.1, 0.15) is 12.1 Å². The number of unbranched alkanes of at least 4 members (excludes halogenated alkanes) is 1. The van der Waals surface area contributed by atoms with Crippen LogP contribution < -0.4 is 27.4 Å². The number of carboxylic acid groups (broad SMARTS) is 1. The molecule has 0 aromatic heterocycles. The molecule has 8 N–H and O–H groups in total. The second-order valence-electron chi connectivity index (χ2n) is 6.47. The van der Waals surface area contributed by atoms with Crippen LogP contribution in [0, 0.1) is 5.92 Å². The van der Waals surface area contributed by atoms with Crippen molar-refractivity contribution < 1.29 is 24.3 Å². The summed E-state index contributed by atoms with van der Waals surface area (Å²) >= 11 is 3.84. The molecule has 0 rings (SSSR count). The van der Waals surface area contributed by atoms with E-state index >= 15 is 0 Å². The van der Waals surface area contributed by atoms with Gasteiger partial charge in [0.25, 0.3) is 0 Å². The third-order valence-corrected chi connectivity index (χ3v) is 4.21. The normalized spacial score (nSPS) is 14.1. The van der Waals surface area contributed by atoms with Gasteiger partial charge in [-0.25, -0.2) is 4.79 Å². The molecule has 0 aliphatic heterocycles. The Bertz CT molecular complexity index is 517. The lowest BCUT2D eigenvalue weighted by Gasteiger charge is -2.22. The molecule has 156 valence electrons. The fraction of sp³-hybridized carbons (Fsp3) is 0.750. The van der Waals surface area contributed by atoms with Gasteiger partial charge in [-0.15, -0.1) is 0 Å². The highest BCUT2D eigenvalue weighted by molar-refractivity contribution is 7.80. The molecule has 0 saturated carbocycles. The van der Waals surface area contributed by atoms with Gasteiger partial charge in [0.2, 0.25) is 17.7 Å². The zero-order valence-electron chi connectivity index (χ0n) is 15.7. The van der Waals surface area contributed by atoms with Crippen LogP contribution in [0.5, 0.6) is 0 Å². The average molecular weight is 406 g/mol. The fourth-order valence-electron chi connectivity index (χ4n) is 2.05. The van der Waals surface area contributed by atoms with Gasteiger partial charge < -0.3 is 32.5 Å². The molecule has 0 heterocycles. The largest absolute Gasteiger partial charge is 0.480 e. The standard InChI is InChI=1S/C16H31N5O5S/c1-9(2)13(18)15(24)21-10(5-3-4-6-17)14(23)19-7-12(22)20-11(8-27)16(25)26/h9-11,13,27H,3-8,17-18H2,1-2H3,(H,19,23)(H,20,22)(H,21,24)(H,25,26). The summed E-state index contributed by atoms with van der Waals surface area (Å²) in [7, 11) is 0. The Balaban J connectivity index is 4.75. The highest BCUT2D eigenvalue weighted by atomic mass is 32.1. The fourth-order valence-corrected chi connectivity index (χ4v) is 2.30. The Morgan fingerprint density at radius 3 is 2.15 bits per heavy atom. The minimum absolute atomic E-state index is 0.0835. The van der Waals surface area contributed by atoms with Gasteiger partial charge >= 0.3 is 5.97 Å². The third-order valence-electron chi connectivity index (χ3n) is 3.84. The van der Waals surface area contributed by atoms with E-state index in [0.717, 1.165) is 0 Å². The maximum absolute atomic E-state index is 12.3. The Labute approximate surface area is 164 Å². The molecule has 0 aliphatic carbocycles. The van der Waals surface area contributed by atoms with Gasteiger partial charge in [0.05, 0.1) is 12.6 Å². The number of hydrogen-bond donors (Lipinski definition) is 7. The lowest BCUT2D eigenvalue weighted by Crippen LogP contribution is -2.54. The molecule has 0 spiro atoms. The highest BCUT2D eigenvalue weighted by Crippen LogP contribution is 2.04. The molecule has 10 nitrogen and oxygen atoms in total. The summed E-state index contributed by atoms with van der Waals surface area (Å²) in [5.74, 6) is -3.08. The average Bonchev–Trinajstić information content (AvgIpc) is 2.62. The smallest absolute Gasteiger partial charge is 0.327 e. The molecule has 3 unspecified atom stereocenters. The molecule has 0 aromatic carbocycles. The molecular weight excluding hydrogens is 374 g/mol. The summed E-state index contributed by atoms with van der Waals surface area (Å²) in [5.41, 5.74) is 11.2. The van der Waals surface area contributed by atoms with Crippen molar-refractivity contribution in [2.45, 2.75) is 51.2 Å². The number of carbonyl (C=O) groups excluding carboxylic acids is 3. The van der Waals surface area contributed by atoms with Gasteiger partial charge in [0.15, 0.2) is 0 Å². The molecule has 0 aromatic rings. The Hall–Kier alpha value is -1.85. The molecule has 0 fully saturated rings. The quantitative estimate of drug-likeness (QED) is 0.140. The van der Waals surface area contributed by atoms with E-state index in [-0.39, 0.29) is 11.7 Å². The molecule has 0 saturated heterocycles. The van der Waals surface area contributed by atoms with Crippen LogP contribution in [-0.4, -0.2) is 65.8 Å². The molecule has 11 heteroatoms. The van der Waals surface area contributed by atoms with Gasteiger partial charge in [-0.05, 0) is 31.7 Å². The van der Waals surface area contributed by atoms with Crippen LogP contribution in [0.25, 0.3) is 0 Å². The van der Waals surface area contributed by atoms with Crippen LogP contribution in [0.3, 0.4) is 0 Å². The summed E-state index contributed by atoms with van der Waals surface area (Å²) in [4.78, 5) is 47.1. The summed E-state index contributed by atoms with van der Waals surface area (Å²) in [6, 6.07) is -2.77. The van der Waals surface area contributed by atoms with E-state index in [0.29, 0.717) is 25.8 Å². The van der Waals surface area contributed by atoms with Gasteiger partial charge in [0, 0.05) is 5.75 Å². The summed E-state index contributed by atoms with van der Waals surface area (Å²) in [5, 5.41) is 16.1. The summed E-state index contributed by atoms with van der Waals surface area (Å²) < 4.78 is 0. The van der Waals surface area contributed by atoms with Crippen molar-refractivity contribution in [2.75, 3.05) is 18.8 Å². The Kier molecular flexibility index (Phi) is 12.4. The van der Waals surface area contributed by atoms with Crippen molar-refractivity contribution in [3.63, 3.8) is 0 Å². The number of carbonyl (C=O) groups is 4. The molecule has 3 atom stereocenters. The van der Waals surface area contributed by atoms with Crippen molar-refractivity contribution in [1.82, 2.24) is 16.0 Å². The summed E-state index contributed by atoms with van der Waals surface area (Å²) in [6.45, 7) is 3.61. The van der Waals surface area contributed by atoms with E-state index in [1.165, 1.54) is 0 Å². The summed E-state index contributed by atoms with van der Waals surface area (Å²) in [6.07, 6.45) is 1.63. The minimum atomic E-state index is -1.22. The van der Waals surface area contributed by atoms with E-state index < -0.39 is 48.4 Å². The van der Waals surface area contributed by atoms with Crippen LogP contribution >= 0.6 is 12.6 Å². The maximum Gasteiger partial charge on any atom is 0.327 e. The number of hydrogen-bond acceptors (Lipinski definition) is 7. The first-order valence-corrected chi connectivity index (χ1v) is 9.44. The molecule has 0 bridgehead atoms. The number of nitrogens with two attached hydrogens (primary N) is 2. The predicted molar refractivity (Wildman–Crippen MR) is 104 cm³/mol. The molecule has 27 heavy (non-hydrogen) atoms. The van der Waals surface area contributed by atoms with Crippen LogP contribution in [0.2, 0.25) is 0 Å². The number of rotatable bonds is 13. The van der Waals surface area contributed by atoms with Crippen molar-refractivity contribution in [3.05, 3.63) is 0 Å². The second kappa shape index (κ2) is 13.3. The van der Waals surface area contributed by atoms with Crippen LogP contribution in [0.4, 0.5) is 0 Å². The second-order valence-corrected chi connectivity index (χ2v) is 6.84. The van der Waals surface area contributed by atoms with Crippen LogP contribution in [0.15, 0.2) is 0 Å². The molecule has 0 aliphatic rings. The van der Waals surface area contributed by atoms with Crippen molar-refractivity contribution in [2.24, 2.45) is 17.4 Å². The van der Waals surface area contributed by atoms with E-state index in [2.05, 4.69) is 28.6 Å². The topological polar surface area (TPSA) is 177 Å². The molecule has 3 amide bonds. The van der Waals surface area contributed by atoms with E-state index in [1.54, 1.807) is 13.8 Å². The maximum atomic E-state index is 12.3. The SMILES string of the molecule is CC(C)C(N)C(=O)NC(CCCCN)C(=O)NCC(=O)NC(CS)C(=O)O. The predicted octanol–water partition coefficient (Wildman–Crippen LogP) is -1.80. The first-order valence-electron chi connectivity index (χ1n) is 8.80. The Morgan fingerprint density at radius 2 is 1.67 bits per heavy atom. The highest BCUT2D eigenvalue weighted by Gasteiger charge is 2.25. The zero-order chi connectivity index (χ0) is 21.0. The lowest BCUT2D eigenvalue weighted by atomic mass is 10.0. The zero-order valence-corrected chi connectivity index (χ0v) is 16.6. The monoisotopic (exact) mass is 405 g/mol. The lowest BCUT2D eigenvalue weighted by molar-refractivity contribution is -0.141. The van der Waals surface area contributed by atoms with E-state index in [9.17, 15) is 19.2 Å². The van der Waals surface area contributed by atoms with E-state index in [1.807, 2.05) is 0 Å². The molecular formula is C16H31N5O5S. The minimum Gasteiger partial charge on any atom is -0.480 e. The first-order chi connectivity index (χ1) is 12.6. The van der Waals surface area contributed by atoms with Gasteiger partial charge in [-0.2, -0.15) is 12.6 Å². The van der Waals surface area contributed by atoms with Crippen molar-refractivity contribution >= 4 is 36.3 Å².